The quantitative estimate of drug-likeness (QED) is 0.734. The summed E-state index contributed by atoms with van der Waals surface area (Å²) in [5.41, 5.74) is 8.49. The van der Waals surface area contributed by atoms with Gasteiger partial charge in [-0.25, -0.2) is 4.79 Å². The number of primary amides is 1. The highest BCUT2D eigenvalue weighted by Crippen LogP contribution is 2.16. The number of nitrogens with two attached hydrogens (primary N) is 1. The Hall–Kier alpha value is -2.86. The summed E-state index contributed by atoms with van der Waals surface area (Å²) >= 11 is 0. The molecule has 2 aromatic carbocycles. The largest absolute Gasteiger partial charge is 0.351 e. The van der Waals surface area contributed by atoms with Crippen LogP contribution in [0.1, 0.15) is 40.7 Å². The number of carbonyl (C=O) groups excluding carboxylic acids is 2. The zero-order chi connectivity index (χ0) is 19.1. The van der Waals surface area contributed by atoms with Crippen molar-refractivity contribution in [3.8, 4) is 0 Å². The van der Waals surface area contributed by atoms with E-state index in [2.05, 4.69) is 27.7 Å². The highest BCUT2D eigenvalue weighted by atomic mass is 16.2. The molecule has 0 bridgehead atoms. The lowest BCUT2D eigenvalue weighted by atomic mass is 10.0. The molecule has 3 rings (SSSR count). The summed E-state index contributed by atoms with van der Waals surface area (Å²) in [5.74, 6) is -0.184. The Kier molecular flexibility index (Phi) is 6.44. The van der Waals surface area contributed by atoms with E-state index in [9.17, 15) is 9.59 Å². The normalized spacial score (nSPS) is 14.5. The summed E-state index contributed by atoms with van der Waals surface area (Å²) in [5, 5.41) is 5.45. The summed E-state index contributed by atoms with van der Waals surface area (Å²) in [6.07, 6.45) is 3.83. The van der Waals surface area contributed by atoms with Crippen LogP contribution in [0.2, 0.25) is 0 Å². The van der Waals surface area contributed by atoms with E-state index in [0.717, 1.165) is 25.2 Å². The van der Waals surface area contributed by atoms with Crippen LogP contribution >= 0.6 is 0 Å². The van der Waals surface area contributed by atoms with Gasteiger partial charge in [0.2, 0.25) is 0 Å². The average molecular weight is 366 g/mol. The molecule has 142 valence electrons. The fraction of sp³-hybridized carbons (Fsp3) is 0.333. The standard InChI is InChI=1S/C21H26N4O2/c22-21(27)24-19-10-6-9-16(13-19)20(26)23-14-17-7-2-3-8-18(17)15-25-11-4-1-5-12-25/h2-3,6-10,13H,1,4-5,11-12,14-15H2,(H,23,26)(H3,22,24,27). The van der Waals surface area contributed by atoms with Gasteiger partial charge in [0.1, 0.15) is 0 Å². The van der Waals surface area contributed by atoms with Gasteiger partial charge in [-0.2, -0.15) is 0 Å². The summed E-state index contributed by atoms with van der Waals surface area (Å²) in [4.78, 5) is 25.9. The van der Waals surface area contributed by atoms with E-state index in [1.54, 1.807) is 24.3 Å². The van der Waals surface area contributed by atoms with Crippen LogP contribution in [0, 0.1) is 0 Å². The van der Waals surface area contributed by atoms with Crippen molar-refractivity contribution in [2.75, 3.05) is 18.4 Å². The molecule has 27 heavy (non-hydrogen) atoms. The second kappa shape index (κ2) is 9.19. The fourth-order valence-corrected chi connectivity index (χ4v) is 3.40. The predicted octanol–water partition coefficient (Wildman–Crippen LogP) is 3.09. The molecule has 6 heteroatoms. The van der Waals surface area contributed by atoms with Gasteiger partial charge in [-0.15, -0.1) is 0 Å². The number of benzene rings is 2. The number of hydrogen-bond acceptors (Lipinski definition) is 3. The Balaban J connectivity index is 1.62. The molecule has 0 saturated carbocycles. The summed E-state index contributed by atoms with van der Waals surface area (Å²) < 4.78 is 0. The van der Waals surface area contributed by atoms with Crippen molar-refractivity contribution in [1.29, 1.82) is 0 Å². The molecule has 1 fully saturated rings. The van der Waals surface area contributed by atoms with Gasteiger partial charge >= 0.3 is 6.03 Å². The maximum atomic E-state index is 12.5. The minimum absolute atomic E-state index is 0.184. The topological polar surface area (TPSA) is 87.5 Å². The zero-order valence-electron chi connectivity index (χ0n) is 15.4. The number of likely N-dealkylation sites (tertiary alicyclic amines) is 1. The summed E-state index contributed by atoms with van der Waals surface area (Å²) in [6.45, 7) is 3.67. The molecule has 0 spiro atoms. The molecule has 3 amide bonds. The highest BCUT2D eigenvalue weighted by Gasteiger charge is 2.13. The smallest absolute Gasteiger partial charge is 0.316 e. The van der Waals surface area contributed by atoms with Gasteiger partial charge < -0.3 is 16.4 Å². The Morgan fingerprint density at radius 1 is 0.963 bits per heavy atom. The zero-order valence-corrected chi connectivity index (χ0v) is 15.4. The number of anilines is 1. The Morgan fingerprint density at radius 3 is 2.44 bits per heavy atom. The minimum Gasteiger partial charge on any atom is -0.351 e. The van der Waals surface area contributed by atoms with Gasteiger partial charge in [0.25, 0.3) is 5.91 Å². The lowest BCUT2D eigenvalue weighted by molar-refractivity contribution is 0.0950. The maximum absolute atomic E-state index is 12.5. The summed E-state index contributed by atoms with van der Waals surface area (Å²) in [6, 6.07) is 14.3. The van der Waals surface area contributed by atoms with Gasteiger partial charge in [-0.3, -0.25) is 9.69 Å². The van der Waals surface area contributed by atoms with Crippen molar-refractivity contribution < 1.29 is 9.59 Å². The van der Waals surface area contributed by atoms with Crippen LogP contribution in [-0.4, -0.2) is 29.9 Å². The van der Waals surface area contributed by atoms with Crippen molar-refractivity contribution in [2.24, 2.45) is 5.73 Å². The van der Waals surface area contributed by atoms with Crippen molar-refractivity contribution in [2.45, 2.75) is 32.4 Å². The number of amides is 3. The third-order valence-corrected chi connectivity index (χ3v) is 4.79. The van der Waals surface area contributed by atoms with E-state index >= 15 is 0 Å². The first kappa shape index (κ1) is 18.9. The van der Waals surface area contributed by atoms with Gasteiger partial charge in [0.05, 0.1) is 0 Å². The molecule has 0 aliphatic carbocycles. The van der Waals surface area contributed by atoms with Gasteiger partial charge in [-0.1, -0.05) is 36.8 Å². The molecule has 0 radical (unpaired) electrons. The number of piperidine rings is 1. The second-order valence-electron chi connectivity index (χ2n) is 6.86. The molecule has 1 heterocycles. The van der Waals surface area contributed by atoms with Crippen LogP contribution in [0.5, 0.6) is 0 Å². The Labute approximate surface area is 159 Å². The Morgan fingerprint density at radius 2 is 1.70 bits per heavy atom. The van der Waals surface area contributed by atoms with Crippen molar-refractivity contribution in [1.82, 2.24) is 10.2 Å². The van der Waals surface area contributed by atoms with E-state index in [0.29, 0.717) is 17.8 Å². The van der Waals surface area contributed by atoms with Crippen LogP contribution in [0.3, 0.4) is 0 Å². The van der Waals surface area contributed by atoms with Crippen LogP contribution in [0.25, 0.3) is 0 Å². The number of urea groups is 1. The lowest BCUT2D eigenvalue weighted by Gasteiger charge is -2.27. The van der Waals surface area contributed by atoms with E-state index in [-0.39, 0.29) is 5.91 Å². The molecule has 0 aromatic heterocycles. The third-order valence-electron chi connectivity index (χ3n) is 4.79. The Bertz CT molecular complexity index is 800. The molecule has 1 aliphatic rings. The second-order valence-corrected chi connectivity index (χ2v) is 6.86. The van der Waals surface area contributed by atoms with Crippen LogP contribution < -0.4 is 16.4 Å². The van der Waals surface area contributed by atoms with Gasteiger partial charge in [-0.05, 0) is 55.3 Å². The number of nitrogens with zero attached hydrogens (tertiary/aromatic N) is 1. The highest BCUT2D eigenvalue weighted by molar-refractivity contribution is 5.96. The minimum atomic E-state index is -0.654. The fourth-order valence-electron chi connectivity index (χ4n) is 3.40. The van der Waals surface area contributed by atoms with Crippen molar-refractivity contribution in [3.63, 3.8) is 0 Å². The molecule has 4 N–H and O–H groups in total. The third kappa shape index (κ3) is 5.56. The molecule has 6 nitrogen and oxygen atoms in total. The molecule has 1 aliphatic heterocycles. The van der Waals surface area contributed by atoms with E-state index in [4.69, 9.17) is 5.73 Å². The van der Waals surface area contributed by atoms with E-state index < -0.39 is 6.03 Å². The first-order valence-electron chi connectivity index (χ1n) is 9.35. The number of hydrogen-bond donors (Lipinski definition) is 3. The first-order chi connectivity index (χ1) is 13.1. The predicted molar refractivity (Wildman–Crippen MR) is 106 cm³/mol. The molecular weight excluding hydrogens is 340 g/mol. The van der Waals surface area contributed by atoms with Crippen molar-refractivity contribution >= 4 is 17.6 Å². The average Bonchev–Trinajstić information content (AvgIpc) is 2.67. The lowest BCUT2D eigenvalue weighted by Crippen LogP contribution is -2.30. The molecule has 0 atom stereocenters. The maximum Gasteiger partial charge on any atom is 0.316 e. The van der Waals surface area contributed by atoms with Gasteiger partial charge in [0.15, 0.2) is 0 Å². The van der Waals surface area contributed by atoms with E-state index in [1.165, 1.54) is 24.8 Å². The first-order valence-corrected chi connectivity index (χ1v) is 9.35. The van der Waals surface area contributed by atoms with Crippen LogP contribution in [0.4, 0.5) is 10.5 Å². The summed E-state index contributed by atoms with van der Waals surface area (Å²) in [7, 11) is 0. The SMILES string of the molecule is NC(=O)Nc1cccc(C(=O)NCc2ccccc2CN2CCCCC2)c1. The molecule has 2 aromatic rings. The molecule has 1 saturated heterocycles. The van der Waals surface area contributed by atoms with Gasteiger partial charge in [0, 0.05) is 24.3 Å². The van der Waals surface area contributed by atoms with Crippen LogP contribution in [0.15, 0.2) is 48.5 Å². The van der Waals surface area contributed by atoms with E-state index in [1.807, 2.05) is 12.1 Å². The number of nitrogens with one attached hydrogen (secondary N) is 2. The number of rotatable bonds is 6. The molecule has 0 unspecified atom stereocenters. The van der Waals surface area contributed by atoms with Crippen molar-refractivity contribution in [3.05, 3.63) is 65.2 Å². The number of carbonyl (C=O) groups is 2. The van der Waals surface area contributed by atoms with Crippen LogP contribution in [-0.2, 0) is 13.1 Å². The monoisotopic (exact) mass is 366 g/mol. The molecular formula is C21H26N4O2.